The van der Waals surface area contributed by atoms with Crippen molar-refractivity contribution in [1.82, 2.24) is 9.97 Å². The molecule has 4 rings (SSSR count). The summed E-state index contributed by atoms with van der Waals surface area (Å²) in [5.74, 6) is 0.258. The number of H-pyrrole nitrogens is 1. The largest absolute Gasteiger partial charge is 0.319 e. The van der Waals surface area contributed by atoms with Crippen molar-refractivity contribution in [2.45, 2.75) is 33.1 Å². The molecule has 0 aliphatic carbocycles. The number of Topliss-reactive ketones (excluding diaryl/α,β-unsaturated/α-hetero) is 3. The Hall–Kier alpha value is -3.74. The predicted octanol–water partition coefficient (Wildman–Crippen LogP) is 2.70. The smallest absolute Gasteiger partial charge is 0.266 e. The van der Waals surface area contributed by atoms with Crippen molar-refractivity contribution in [1.29, 1.82) is 0 Å². The predicted molar refractivity (Wildman–Crippen MR) is 114 cm³/mol. The normalized spacial score (nSPS) is 12.1. The molecule has 0 spiro atoms. The Morgan fingerprint density at radius 1 is 0.967 bits per heavy atom. The number of hydrogen-bond acceptors (Lipinski definition) is 6. The first kappa shape index (κ1) is 21.0. The van der Waals surface area contributed by atoms with Gasteiger partial charge in [-0.25, -0.2) is 4.98 Å². The van der Waals surface area contributed by atoms with Gasteiger partial charge in [0.15, 0.2) is 5.78 Å². The van der Waals surface area contributed by atoms with Crippen LogP contribution in [0.4, 0.5) is 5.69 Å². The third-order valence-electron chi connectivity index (χ3n) is 4.41. The van der Waals surface area contributed by atoms with Crippen LogP contribution in [0.3, 0.4) is 0 Å². The fourth-order valence-electron chi connectivity index (χ4n) is 3.14. The first-order valence-corrected chi connectivity index (χ1v) is 9.45. The van der Waals surface area contributed by atoms with Crippen LogP contribution in [0, 0.1) is 0 Å². The molecule has 152 valence electrons. The van der Waals surface area contributed by atoms with E-state index in [0.29, 0.717) is 24.8 Å². The molecule has 3 aromatic rings. The number of carbonyl (C=O) groups excluding carboxylic acids is 3. The molecule has 1 aromatic heterocycles. The number of rotatable bonds is 4. The number of aliphatic imine (C=N–C) groups is 1. The Labute approximate surface area is 172 Å². The highest BCUT2D eigenvalue weighted by atomic mass is 16.1. The zero-order valence-electron chi connectivity index (χ0n) is 16.8. The number of benzene rings is 2. The van der Waals surface area contributed by atoms with Crippen molar-refractivity contribution in [3.63, 3.8) is 0 Å². The van der Waals surface area contributed by atoms with E-state index >= 15 is 0 Å². The van der Waals surface area contributed by atoms with Crippen LogP contribution >= 0.6 is 0 Å². The van der Waals surface area contributed by atoms with Crippen molar-refractivity contribution >= 4 is 40.3 Å². The second-order valence-corrected chi connectivity index (χ2v) is 7.22. The summed E-state index contributed by atoms with van der Waals surface area (Å²) in [5, 5.41) is 0. The lowest BCUT2D eigenvalue weighted by molar-refractivity contribution is -0.117. The summed E-state index contributed by atoms with van der Waals surface area (Å²) in [4.78, 5) is 54.7. The van der Waals surface area contributed by atoms with Gasteiger partial charge < -0.3 is 4.98 Å². The maximum atomic E-state index is 11.1. The fourth-order valence-corrected chi connectivity index (χ4v) is 3.14. The summed E-state index contributed by atoms with van der Waals surface area (Å²) in [6, 6.07) is 11.1. The number of fused-ring (bicyclic) bond motifs is 2. The third-order valence-corrected chi connectivity index (χ3v) is 4.41. The first-order valence-electron chi connectivity index (χ1n) is 9.45. The van der Waals surface area contributed by atoms with Crippen LogP contribution in [0.1, 0.15) is 30.5 Å². The number of hydrogen-bond donors (Lipinski definition) is 1. The fraction of sp³-hybridized carbons (Fsp3) is 0.217. The lowest BCUT2D eigenvalue weighted by Gasteiger charge is -2.09. The second kappa shape index (κ2) is 9.17. The van der Waals surface area contributed by atoms with Crippen LogP contribution in [0.5, 0.6) is 0 Å². The van der Waals surface area contributed by atoms with E-state index in [0.717, 1.165) is 27.9 Å². The molecule has 1 aliphatic rings. The van der Waals surface area contributed by atoms with Crippen LogP contribution in [-0.4, -0.2) is 33.5 Å². The van der Waals surface area contributed by atoms with Gasteiger partial charge in [0, 0.05) is 19.3 Å². The van der Waals surface area contributed by atoms with Gasteiger partial charge in [0.1, 0.15) is 11.6 Å². The molecule has 0 bridgehead atoms. The standard InChI is InChI=1S/C12H11NO2.C11H10N2O2/c1-8(14)4-9-2-3-10-6-11(15)7-13-12(10)5-9;1-7(14)4-8-2-3-9-10(5-8)13-11(15)6-12-9/h2-3,5,7H,4,6H2,1H3;2-3,5-6H,4H2,1H3,(H,13,15). The SMILES string of the molecule is CC(=O)Cc1ccc2c(c1)N=CC(=O)C2.CC(=O)Cc1ccc2ncc(=O)[nH]c2c1. The highest BCUT2D eigenvalue weighted by molar-refractivity contribution is 6.29. The van der Waals surface area contributed by atoms with Crippen molar-refractivity contribution in [2.24, 2.45) is 4.99 Å². The monoisotopic (exact) mass is 403 g/mol. The summed E-state index contributed by atoms with van der Waals surface area (Å²) in [5.41, 5.74) is 4.75. The average Bonchev–Trinajstić information content (AvgIpc) is 2.67. The van der Waals surface area contributed by atoms with E-state index in [1.807, 2.05) is 24.3 Å². The maximum Gasteiger partial charge on any atom is 0.266 e. The Morgan fingerprint density at radius 3 is 2.33 bits per heavy atom. The zero-order chi connectivity index (χ0) is 21.7. The highest BCUT2D eigenvalue weighted by Gasteiger charge is 2.12. The molecule has 0 radical (unpaired) electrons. The lowest BCUT2D eigenvalue weighted by Crippen LogP contribution is -2.08. The number of nitrogens with one attached hydrogen (secondary N) is 1. The molecule has 0 saturated carbocycles. The Kier molecular flexibility index (Phi) is 6.41. The Balaban J connectivity index is 0.000000171. The quantitative estimate of drug-likeness (QED) is 0.720. The molecule has 7 heteroatoms. The van der Waals surface area contributed by atoms with Crippen molar-refractivity contribution < 1.29 is 14.4 Å². The van der Waals surface area contributed by atoms with Gasteiger partial charge in [0.2, 0.25) is 0 Å². The van der Waals surface area contributed by atoms with E-state index < -0.39 is 0 Å². The minimum Gasteiger partial charge on any atom is -0.319 e. The highest BCUT2D eigenvalue weighted by Crippen LogP contribution is 2.24. The van der Waals surface area contributed by atoms with Gasteiger partial charge in [-0.05, 0) is 48.7 Å². The van der Waals surface area contributed by atoms with Gasteiger partial charge in [-0.15, -0.1) is 0 Å². The van der Waals surface area contributed by atoms with Crippen molar-refractivity contribution in [3.05, 3.63) is 69.6 Å². The molecule has 1 N–H and O–H groups in total. The van der Waals surface area contributed by atoms with E-state index in [2.05, 4.69) is 15.0 Å². The van der Waals surface area contributed by atoms with E-state index in [-0.39, 0.29) is 22.9 Å². The number of aromatic amines is 1. The molecule has 1 aliphatic heterocycles. The van der Waals surface area contributed by atoms with Crippen LogP contribution in [0.15, 0.2) is 52.4 Å². The van der Waals surface area contributed by atoms with Gasteiger partial charge in [0.25, 0.3) is 5.56 Å². The topological polar surface area (TPSA) is 109 Å². The molecular weight excluding hydrogens is 382 g/mol. The molecule has 30 heavy (non-hydrogen) atoms. The molecule has 0 amide bonds. The third kappa shape index (κ3) is 5.64. The zero-order valence-corrected chi connectivity index (χ0v) is 16.8. The van der Waals surface area contributed by atoms with E-state index in [1.165, 1.54) is 19.3 Å². The van der Waals surface area contributed by atoms with Crippen LogP contribution in [0.25, 0.3) is 11.0 Å². The number of aromatic nitrogens is 2. The van der Waals surface area contributed by atoms with Gasteiger partial charge in [-0.3, -0.25) is 24.2 Å². The maximum absolute atomic E-state index is 11.1. The number of nitrogens with zero attached hydrogens (tertiary/aromatic N) is 2. The van der Waals surface area contributed by atoms with E-state index in [1.54, 1.807) is 19.1 Å². The van der Waals surface area contributed by atoms with Crippen molar-refractivity contribution in [2.75, 3.05) is 0 Å². The lowest BCUT2D eigenvalue weighted by atomic mass is 10.0. The van der Waals surface area contributed by atoms with Crippen molar-refractivity contribution in [3.8, 4) is 0 Å². The summed E-state index contributed by atoms with van der Waals surface area (Å²) in [7, 11) is 0. The molecule has 0 unspecified atom stereocenters. The summed E-state index contributed by atoms with van der Waals surface area (Å²) in [6.45, 7) is 3.10. The van der Waals surface area contributed by atoms with Gasteiger partial charge in [-0.1, -0.05) is 18.2 Å². The molecule has 2 heterocycles. The Bertz CT molecular complexity index is 1220. The van der Waals surface area contributed by atoms with Crippen LogP contribution in [-0.2, 0) is 33.6 Å². The van der Waals surface area contributed by atoms with Crippen LogP contribution in [0.2, 0.25) is 0 Å². The molecule has 0 atom stereocenters. The number of carbonyl (C=O) groups is 3. The van der Waals surface area contributed by atoms with Gasteiger partial charge in [0.05, 0.1) is 29.1 Å². The molecule has 0 saturated heterocycles. The summed E-state index contributed by atoms with van der Waals surface area (Å²) in [6.07, 6.45) is 3.82. The Morgan fingerprint density at radius 2 is 1.63 bits per heavy atom. The number of ketones is 3. The first-order chi connectivity index (χ1) is 14.3. The van der Waals surface area contributed by atoms with E-state index in [9.17, 15) is 19.2 Å². The molecule has 0 fully saturated rings. The minimum absolute atomic E-state index is 0.0295. The molecule has 2 aromatic carbocycles. The minimum atomic E-state index is -0.234. The van der Waals surface area contributed by atoms with Gasteiger partial charge >= 0.3 is 0 Å². The van der Waals surface area contributed by atoms with Gasteiger partial charge in [-0.2, -0.15) is 0 Å². The summed E-state index contributed by atoms with van der Waals surface area (Å²) < 4.78 is 0. The second-order valence-electron chi connectivity index (χ2n) is 7.22. The molecule has 7 nitrogen and oxygen atoms in total. The van der Waals surface area contributed by atoms with Crippen LogP contribution < -0.4 is 5.56 Å². The van der Waals surface area contributed by atoms with E-state index in [4.69, 9.17) is 0 Å². The average molecular weight is 403 g/mol. The summed E-state index contributed by atoms with van der Waals surface area (Å²) >= 11 is 0. The molecular formula is C23H21N3O4.